The largest absolute Gasteiger partial charge is 0.503 e. The minimum atomic E-state index is -0.125. The number of nitrogens with two attached hydrogens (primary N) is 1. The van der Waals surface area contributed by atoms with Crippen LogP contribution in [0.25, 0.3) is 0 Å². The number of hydrogen-bond acceptors (Lipinski definition) is 6. The van der Waals surface area contributed by atoms with Crippen molar-refractivity contribution in [2.75, 3.05) is 19.3 Å². The number of benzene rings is 1. The zero-order chi connectivity index (χ0) is 17.1. The number of nitrogen functional groups attached to an aromatic ring is 1. The zero-order valence-electron chi connectivity index (χ0n) is 13.8. The molecule has 4 atom stereocenters. The lowest BCUT2D eigenvalue weighted by Gasteiger charge is -2.56. The second kappa shape index (κ2) is 4.50. The molecule has 130 valence electrons. The molecule has 1 aromatic heterocycles. The summed E-state index contributed by atoms with van der Waals surface area (Å²) in [5, 5.41) is 11.3. The second-order valence-corrected chi connectivity index (χ2v) is 9.75. The molecule has 3 heterocycles. The standard InChI is InChI=1S/C18H18BrN3O2S/c1-22-3-2-18-8-6-11-13(21-17(20)25-11)16(18)24-15-12(18)7(5-10(8)22)4-9(19)14(15)23/h4,8,10,16,23H,2-3,5-6H2,1H3,(H2,20,21)/t8-,10+,16-,18-/m0/s1. The summed E-state index contributed by atoms with van der Waals surface area (Å²) in [4.78, 5) is 8.41. The number of likely N-dealkylation sites (N-methyl/N-ethyl adjacent to an activating group) is 1. The average molecular weight is 420 g/mol. The number of aromatic hydroxyl groups is 1. The topological polar surface area (TPSA) is 71.6 Å². The highest BCUT2D eigenvalue weighted by atomic mass is 79.9. The van der Waals surface area contributed by atoms with E-state index < -0.39 is 0 Å². The summed E-state index contributed by atoms with van der Waals surface area (Å²) in [6, 6.07) is 2.58. The van der Waals surface area contributed by atoms with Crippen LogP contribution in [0.2, 0.25) is 0 Å². The van der Waals surface area contributed by atoms with Gasteiger partial charge in [0.25, 0.3) is 0 Å². The average Bonchev–Trinajstić information content (AvgIpc) is 3.10. The van der Waals surface area contributed by atoms with E-state index in [0.717, 1.165) is 31.5 Å². The molecule has 0 radical (unpaired) electrons. The van der Waals surface area contributed by atoms with Crippen molar-refractivity contribution in [1.82, 2.24) is 9.88 Å². The summed E-state index contributed by atoms with van der Waals surface area (Å²) in [5.41, 5.74) is 9.52. The van der Waals surface area contributed by atoms with Crippen molar-refractivity contribution in [3.05, 3.63) is 32.2 Å². The number of piperidine rings is 1. The van der Waals surface area contributed by atoms with Gasteiger partial charge in [0, 0.05) is 21.9 Å². The van der Waals surface area contributed by atoms with Gasteiger partial charge in [0.1, 0.15) is 0 Å². The molecule has 2 aliphatic heterocycles. The van der Waals surface area contributed by atoms with Crippen LogP contribution >= 0.6 is 27.3 Å². The number of rotatable bonds is 0. The molecule has 0 saturated carbocycles. The van der Waals surface area contributed by atoms with Crippen LogP contribution in [0.1, 0.15) is 34.2 Å². The van der Waals surface area contributed by atoms with Crippen LogP contribution in [0.4, 0.5) is 5.13 Å². The maximum Gasteiger partial charge on any atom is 0.180 e. The fourth-order valence-corrected chi connectivity index (χ4v) is 7.25. The number of anilines is 1. The molecule has 2 bridgehead atoms. The summed E-state index contributed by atoms with van der Waals surface area (Å²) >= 11 is 5.11. The molecule has 1 saturated heterocycles. The van der Waals surface area contributed by atoms with Crippen molar-refractivity contribution in [3.8, 4) is 11.5 Å². The number of fused-ring (bicyclic) bond motifs is 2. The van der Waals surface area contributed by atoms with E-state index in [-0.39, 0.29) is 17.3 Å². The quantitative estimate of drug-likeness (QED) is 0.686. The third-order valence-electron chi connectivity index (χ3n) is 6.86. The first-order valence-electron chi connectivity index (χ1n) is 8.67. The van der Waals surface area contributed by atoms with E-state index in [1.807, 2.05) is 0 Å². The zero-order valence-corrected chi connectivity index (χ0v) is 16.2. The van der Waals surface area contributed by atoms with E-state index in [1.165, 1.54) is 16.0 Å². The maximum absolute atomic E-state index is 10.7. The second-order valence-electron chi connectivity index (χ2n) is 7.78. The Labute approximate surface area is 157 Å². The van der Waals surface area contributed by atoms with Crippen LogP contribution in [0.15, 0.2) is 10.5 Å². The van der Waals surface area contributed by atoms with Gasteiger partial charge in [-0.1, -0.05) is 0 Å². The molecule has 6 rings (SSSR count). The van der Waals surface area contributed by atoms with E-state index in [1.54, 1.807) is 11.3 Å². The third-order valence-corrected chi connectivity index (χ3v) is 8.38. The van der Waals surface area contributed by atoms with Crippen molar-refractivity contribution < 1.29 is 9.84 Å². The Hall–Kier alpha value is -1.31. The van der Waals surface area contributed by atoms with E-state index in [4.69, 9.17) is 10.5 Å². The monoisotopic (exact) mass is 419 g/mol. The molecule has 7 heteroatoms. The van der Waals surface area contributed by atoms with Gasteiger partial charge in [-0.2, -0.15) is 0 Å². The molecule has 1 spiro atoms. The molecular formula is C18H18BrN3O2S. The summed E-state index contributed by atoms with van der Waals surface area (Å²) < 4.78 is 7.17. The molecule has 2 aromatic rings. The molecule has 1 fully saturated rings. The fourth-order valence-electron chi connectivity index (χ4n) is 5.88. The van der Waals surface area contributed by atoms with E-state index in [9.17, 15) is 5.11 Å². The summed E-state index contributed by atoms with van der Waals surface area (Å²) in [6.07, 6.45) is 2.92. The predicted molar refractivity (Wildman–Crippen MR) is 99.3 cm³/mol. The third kappa shape index (κ3) is 1.57. The Balaban J connectivity index is 1.70. The minimum Gasteiger partial charge on any atom is -0.503 e. The number of nitrogens with zero attached hydrogens (tertiary/aromatic N) is 2. The maximum atomic E-state index is 10.7. The number of phenolic OH excluding ortho intramolecular Hbond substituents is 1. The first kappa shape index (κ1) is 14.8. The number of ether oxygens (including phenoxy) is 1. The van der Waals surface area contributed by atoms with Gasteiger partial charge < -0.3 is 20.5 Å². The van der Waals surface area contributed by atoms with Gasteiger partial charge in [-0.15, -0.1) is 11.3 Å². The Morgan fingerprint density at radius 3 is 3.16 bits per heavy atom. The van der Waals surface area contributed by atoms with Crippen molar-refractivity contribution in [3.63, 3.8) is 0 Å². The number of hydrogen-bond donors (Lipinski definition) is 2. The first-order valence-corrected chi connectivity index (χ1v) is 10.3. The molecule has 3 N–H and O–H groups in total. The van der Waals surface area contributed by atoms with Gasteiger partial charge in [0.05, 0.1) is 10.2 Å². The van der Waals surface area contributed by atoms with Crippen molar-refractivity contribution in [2.45, 2.75) is 36.8 Å². The van der Waals surface area contributed by atoms with Gasteiger partial charge in [-0.3, -0.25) is 0 Å². The molecule has 1 aromatic carbocycles. The van der Waals surface area contributed by atoms with Gasteiger partial charge in [0.15, 0.2) is 22.7 Å². The van der Waals surface area contributed by atoms with Gasteiger partial charge in [-0.05, 0) is 66.3 Å². The van der Waals surface area contributed by atoms with Gasteiger partial charge >= 0.3 is 0 Å². The SMILES string of the molecule is CN1CC[C@]23c4c5cc(Br)c(O)c4O[C@H]2c2nc(N)sc2C[C@H]3[C@H]1C5. The van der Waals surface area contributed by atoms with E-state index in [2.05, 4.69) is 38.9 Å². The van der Waals surface area contributed by atoms with Crippen LogP contribution in [-0.2, 0) is 18.3 Å². The highest BCUT2D eigenvalue weighted by Crippen LogP contribution is 2.68. The lowest BCUT2D eigenvalue weighted by molar-refractivity contribution is -0.0249. The van der Waals surface area contributed by atoms with Crippen LogP contribution in [0.3, 0.4) is 0 Å². The smallest absolute Gasteiger partial charge is 0.180 e. The van der Waals surface area contributed by atoms with Crippen LogP contribution in [0, 0.1) is 5.92 Å². The Kier molecular flexibility index (Phi) is 2.67. The fraction of sp³-hybridized carbons (Fsp3) is 0.500. The number of thiazole rings is 1. The number of likely N-dealkylation sites (tertiary alicyclic amines) is 1. The minimum absolute atomic E-state index is 0.0776. The molecule has 2 aliphatic carbocycles. The summed E-state index contributed by atoms with van der Waals surface area (Å²) in [5.74, 6) is 1.38. The lowest BCUT2D eigenvalue weighted by atomic mass is 9.52. The molecule has 0 amide bonds. The van der Waals surface area contributed by atoms with Crippen LogP contribution in [-0.4, -0.2) is 34.6 Å². The van der Waals surface area contributed by atoms with Crippen molar-refractivity contribution in [2.24, 2.45) is 5.92 Å². The van der Waals surface area contributed by atoms with Gasteiger partial charge in [0.2, 0.25) is 0 Å². The Bertz CT molecular complexity index is 945. The first-order chi connectivity index (χ1) is 12.0. The molecule has 25 heavy (non-hydrogen) atoms. The normalized spacial score (nSPS) is 34.4. The summed E-state index contributed by atoms with van der Waals surface area (Å²) in [6.45, 7) is 1.05. The van der Waals surface area contributed by atoms with E-state index in [0.29, 0.717) is 27.3 Å². The number of halogens is 1. The lowest BCUT2D eigenvalue weighted by Crippen LogP contribution is -2.61. The highest BCUT2D eigenvalue weighted by molar-refractivity contribution is 9.10. The van der Waals surface area contributed by atoms with E-state index >= 15 is 0 Å². The van der Waals surface area contributed by atoms with Crippen LogP contribution < -0.4 is 10.5 Å². The summed E-state index contributed by atoms with van der Waals surface area (Å²) in [7, 11) is 2.24. The molecular weight excluding hydrogens is 402 g/mol. The Morgan fingerprint density at radius 1 is 1.48 bits per heavy atom. The molecule has 4 aliphatic rings. The number of phenols is 1. The van der Waals surface area contributed by atoms with Gasteiger partial charge in [-0.25, -0.2) is 4.98 Å². The van der Waals surface area contributed by atoms with Crippen molar-refractivity contribution in [1.29, 1.82) is 0 Å². The van der Waals surface area contributed by atoms with Crippen molar-refractivity contribution >= 4 is 32.4 Å². The highest BCUT2D eigenvalue weighted by Gasteiger charge is 2.65. The van der Waals surface area contributed by atoms with Crippen LogP contribution in [0.5, 0.6) is 11.5 Å². The number of aromatic nitrogens is 1. The molecule has 0 unspecified atom stereocenters. The molecule has 5 nitrogen and oxygen atoms in total. The predicted octanol–water partition coefficient (Wildman–Crippen LogP) is 3.00. The Morgan fingerprint density at radius 2 is 2.32 bits per heavy atom.